The highest BCUT2D eigenvalue weighted by atomic mass is 32.2. The van der Waals surface area contributed by atoms with Crippen molar-refractivity contribution in [2.45, 2.75) is 13.0 Å². The maximum Gasteiger partial charge on any atom is 0.228 e. The number of hydrogen-bond acceptors (Lipinski definition) is 8. The van der Waals surface area contributed by atoms with E-state index >= 15 is 0 Å². The molecule has 0 aliphatic carbocycles. The molecule has 10 nitrogen and oxygen atoms in total. The van der Waals surface area contributed by atoms with Gasteiger partial charge in [0, 0.05) is 56.5 Å². The van der Waals surface area contributed by atoms with Gasteiger partial charge in [-0.3, -0.25) is 19.7 Å². The Kier molecular flexibility index (Phi) is 9.16. The van der Waals surface area contributed by atoms with Crippen LogP contribution in [0.4, 0.5) is 17.2 Å². The van der Waals surface area contributed by atoms with Gasteiger partial charge in [-0.1, -0.05) is 36.4 Å². The van der Waals surface area contributed by atoms with Crippen molar-refractivity contribution in [1.29, 1.82) is 0 Å². The second-order valence-corrected chi connectivity index (χ2v) is 11.6. The first-order valence-corrected chi connectivity index (χ1v) is 15.7. The zero-order valence-electron chi connectivity index (χ0n) is 24.1. The number of piperazine rings is 1. The highest BCUT2D eigenvalue weighted by Gasteiger charge is 2.19. The molecule has 1 unspecified atom stereocenters. The maximum absolute atomic E-state index is 12.6. The summed E-state index contributed by atoms with van der Waals surface area (Å²) in [6.45, 7) is 4.60. The van der Waals surface area contributed by atoms with Crippen LogP contribution in [0.3, 0.4) is 0 Å². The van der Waals surface area contributed by atoms with Crippen molar-refractivity contribution in [1.82, 2.24) is 19.9 Å². The van der Waals surface area contributed by atoms with Crippen LogP contribution in [0.2, 0.25) is 0 Å². The first-order valence-electron chi connectivity index (χ1n) is 14.4. The minimum atomic E-state index is -1.92. The third kappa shape index (κ3) is 7.62. The molecule has 11 heteroatoms. The number of rotatable bonds is 10. The Balaban J connectivity index is 1.05. The van der Waals surface area contributed by atoms with Gasteiger partial charge in [-0.15, -0.1) is 0 Å². The molecule has 3 aromatic carbocycles. The number of amides is 1. The van der Waals surface area contributed by atoms with E-state index in [4.69, 9.17) is 9.54 Å². The number of carbonyl (C=O) groups is 1. The molecule has 0 bridgehead atoms. The van der Waals surface area contributed by atoms with E-state index in [0.717, 1.165) is 72.0 Å². The molecular weight excluding hydrogens is 574 g/mol. The molecule has 44 heavy (non-hydrogen) atoms. The molecule has 5 aromatic rings. The number of benzene rings is 3. The molecule has 1 saturated heterocycles. The average Bonchev–Trinajstić information content (AvgIpc) is 3.05. The number of carbonyl (C=O) groups excluding carboxylic acids is 1. The van der Waals surface area contributed by atoms with Gasteiger partial charge in [0.2, 0.25) is 5.91 Å². The number of nitrogens with one attached hydrogen (secondary N) is 2. The fraction of sp³-hybridized carbons (Fsp3) is 0.212. The van der Waals surface area contributed by atoms with E-state index in [0.29, 0.717) is 5.69 Å². The minimum Gasteiger partial charge on any atom is -0.372 e. The van der Waals surface area contributed by atoms with Crippen LogP contribution in [-0.2, 0) is 28.8 Å². The van der Waals surface area contributed by atoms with Gasteiger partial charge in [-0.25, -0.2) is 9.19 Å². The summed E-state index contributed by atoms with van der Waals surface area (Å²) in [5, 5.41) is 5.81. The van der Waals surface area contributed by atoms with Crippen molar-refractivity contribution < 1.29 is 13.6 Å². The quantitative estimate of drug-likeness (QED) is 0.192. The largest absolute Gasteiger partial charge is 0.372 e. The third-order valence-electron chi connectivity index (χ3n) is 7.58. The van der Waals surface area contributed by atoms with Crippen LogP contribution in [0.5, 0.6) is 0 Å². The number of anilines is 3. The molecule has 0 radical (unpaired) electrons. The number of aromatic nitrogens is 3. The Morgan fingerprint density at radius 1 is 0.841 bits per heavy atom. The molecule has 1 aliphatic heterocycles. The van der Waals surface area contributed by atoms with E-state index < -0.39 is 11.1 Å². The summed E-state index contributed by atoms with van der Waals surface area (Å²) in [5.41, 5.74) is 7.26. The molecule has 6 rings (SSSR count). The predicted molar refractivity (Wildman–Crippen MR) is 175 cm³/mol. The molecular formula is C33H33N7O3S. The summed E-state index contributed by atoms with van der Waals surface area (Å²) in [5.74, 6) is 0.720. The second-order valence-electron chi connectivity index (χ2n) is 10.7. The first kappa shape index (κ1) is 29.4. The Bertz CT molecular complexity index is 1740. The monoisotopic (exact) mass is 607 g/mol. The topological polar surface area (TPSA) is 124 Å². The molecule has 3 heterocycles. The molecule has 1 fully saturated rings. The molecule has 1 aliphatic rings. The van der Waals surface area contributed by atoms with Crippen LogP contribution in [0.1, 0.15) is 11.1 Å². The maximum atomic E-state index is 12.6. The van der Waals surface area contributed by atoms with Crippen molar-refractivity contribution >= 4 is 45.2 Å². The third-order valence-corrected chi connectivity index (χ3v) is 7.97. The van der Waals surface area contributed by atoms with Crippen molar-refractivity contribution in [3.63, 3.8) is 0 Å². The lowest BCUT2D eigenvalue weighted by Gasteiger charge is -2.35. The number of hydrogen-bond donors (Lipinski definition) is 3. The summed E-state index contributed by atoms with van der Waals surface area (Å²) in [6, 6.07) is 25.2. The van der Waals surface area contributed by atoms with Crippen molar-refractivity contribution in [3.8, 4) is 11.1 Å². The number of pyridine rings is 1. The molecule has 2 aromatic heterocycles. The van der Waals surface area contributed by atoms with Gasteiger partial charge in [0.15, 0.2) is 11.1 Å². The molecule has 1 atom stereocenters. The van der Waals surface area contributed by atoms with Crippen LogP contribution < -0.4 is 15.5 Å². The minimum absolute atomic E-state index is 0.0462. The predicted octanol–water partition coefficient (Wildman–Crippen LogP) is 4.79. The van der Waals surface area contributed by atoms with Gasteiger partial charge >= 0.3 is 0 Å². The lowest BCUT2D eigenvalue weighted by molar-refractivity contribution is -0.115. The highest BCUT2D eigenvalue weighted by Crippen LogP contribution is 2.26. The summed E-state index contributed by atoms with van der Waals surface area (Å²) >= 11 is -1.92. The summed E-state index contributed by atoms with van der Waals surface area (Å²) in [4.78, 5) is 31.2. The van der Waals surface area contributed by atoms with E-state index in [9.17, 15) is 9.00 Å². The standard InChI is InChI=1S/C33H33N7O3S/c41-33(18-24-3-8-28(9-4-24)36-23-44(42)43)37-29-10-5-26(6-11-29)27-7-12-30-31(19-27)38-32(21-35-30)40-16-14-39(15-17-40)22-25-2-1-13-34-20-25/h1-13,19-21,36H,14-18,22-23H2,(H,37,41)(H,42,43). The molecule has 3 N–H and O–H groups in total. The van der Waals surface area contributed by atoms with Gasteiger partial charge < -0.3 is 20.1 Å². The van der Waals surface area contributed by atoms with E-state index in [1.54, 1.807) is 18.3 Å². The van der Waals surface area contributed by atoms with Gasteiger partial charge in [0.05, 0.1) is 23.7 Å². The Morgan fingerprint density at radius 3 is 2.32 bits per heavy atom. The molecule has 0 spiro atoms. The Morgan fingerprint density at radius 2 is 1.59 bits per heavy atom. The normalized spacial score (nSPS) is 14.3. The van der Waals surface area contributed by atoms with Crippen LogP contribution in [0.25, 0.3) is 22.2 Å². The summed E-state index contributed by atoms with van der Waals surface area (Å²) in [7, 11) is 0. The van der Waals surface area contributed by atoms with E-state index in [1.165, 1.54) is 5.56 Å². The van der Waals surface area contributed by atoms with Crippen LogP contribution in [0, 0.1) is 0 Å². The van der Waals surface area contributed by atoms with Crippen LogP contribution >= 0.6 is 0 Å². The Labute approximate surface area is 258 Å². The fourth-order valence-electron chi connectivity index (χ4n) is 5.24. The van der Waals surface area contributed by atoms with Crippen molar-refractivity contribution in [2.75, 3.05) is 47.6 Å². The zero-order valence-corrected chi connectivity index (χ0v) is 24.9. The lowest BCUT2D eigenvalue weighted by Crippen LogP contribution is -2.46. The summed E-state index contributed by atoms with van der Waals surface area (Å²) < 4.78 is 19.7. The smallest absolute Gasteiger partial charge is 0.228 e. The first-order chi connectivity index (χ1) is 21.5. The fourth-order valence-corrected chi connectivity index (χ4v) is 5.53. The van der Waals surface area contributed by atoms with Gasteiger partial charge in [-0.05, 0) is 64.7 Å². The zero-order chi connectivity index (χ0) is 30.3. The van der Waals surface area contributed by atoms with Crippen molar-refractivity contribution in [2.24, 2.45) is 0 Å². The molecule has 1 amide bonds. The van der Waals surface area contributed by atoms with Crippen LogP contribution in [-0.4, -0.2) is 66.6 Å². The van der Waals surface area contributed by atoms with Crippen LogP contribution in [0.15, 0.2) is 97.5 Å². The lowest BCUT2D eigenvalue weighted by atomic mass is 10.0. The van der Waals surface area contributed by atoms with E-state index in [-0.39, 0.29) is 18.2 Å². The van der Waals surface area contributed by atoms with Crippen molar-refractivity contribution in [3.05, 3.63) is 109 Å². The van der Waals surface area contributed by atoms with Gasteiger partial charge in [0.25, 0.3) is 0 Å². The molecule has 0 saturated carbocycles. The number of nitrogens with zero attached hydrogens (tertiary/aromatic N) is 5. The highest BCUT2D eigenvalue weighted by molar-refractivity contribution is 7.79. The summed E-state index contributed by atoms with van der Waals surface area (Å²) in [6.07, 6.45) is 5.82. The molecule has 224 valence electrons. The van der Waals surface area contributed by atoms with E-state index in [1.807, 2.05) is 67.0 Å². The second kappa shape index (κ2) is 13.7. The van der Waals surface area contributed by atoms with Gasteiger partial charge in [-0.2, -0.15) is 0 Å². The number of fused-ring (bicyclic) bond motifs is 1. The van der Waals surface area contributed by atoms with E-state index in [2.05, 4.69) is 42.5 Å². The van der Waals surface area contributed by atoms with Gasteiger partial charge in [0.1, 0.15) is 11.7 Å². The average molecular weight is 608 g/mol. The Hall–Kier alpha value is -4.71. The SMILES string of the molecule is O=C(Cc1ccc(NCS(=O)O)cc1)Nc1ccc(-c2ccc3ncc(N4CCN(Cc5cccnc5)CC4)nc3c2)cc1.